The lowest BCUT2D eigenvalue weighted by atomic mass is 10.1. The standard InChI is InChI=1S/C18H12ClF4NO2S/c1-26-10-5-6-13-11(7-10)14(19)16(27-13)17(25)24-8-9-3-2-4-12(15(9)20)18(21,22)23/h2-7H,8H2,1H3,(H,24,25). The van der Waals surface area contributed by atoms with Gasteiger partial charge < -0.3 is 10.1 Å². The molecule has 0 bridgehead atoms. The van der Waals surface area contributed by atoms with Gasteiger partial charge >= 0.3 is 6.18 Å². The Hall–Kier alpha value is -2.32. The summed E-state index contributed by atoms with van der Waals surface area (Å²) in [6.45, 7) is -0.400. The fourth-order valence-electron chi connectivity index (χ4n) is 2.51. The zero-order chi connectivity index (χ0) is 19.8. The Morgan fingerprint density at radius 3 is 2.67 bits per heavy atom. The lowest BCUT2D eigenvalue weighted by molar-refractivity contribution is -0.140. The summed E-state index contributed by atoms with van der Waals surface area (Å²) in [5, 5.41) is 3.24. The van der Waals surface area contributed by atoms with E-state index in [1.54, 1.807) is 18.2 Å². The molecule has 1 N–H and O–H groups in total. The normalized spacial score (nSPS) is 11.6. The van der Waals surface area contributed by atoms with Crippen LogP contribution in [0.4, 0.5) is 17.6 Å². The van der Waals surface area contributed by atoms with Crippen LogP contribution >= 0.6 is 22.9 Å². The Labute approximate surface area is 160 Å². The Morgan fingerprint density at radius 2 is 2.00 bits per heavy atom. The number of benzene rings is 2. The molecule has 1 heterocycles. The largest absolute Gasteiger partial charge is 0.497 e. The van der Waals surface area contributed by atoms with Crippen LogP contribution in [0.25, 0.3) is 10.1 Å². The Balaban J connectivity index is 1.83. The number of rotatable bonds is 4. The van der Waals surface area contributed by atoms with E-state index in [0.29, 0.717) is 17.2 Å². The number of hydrogen-bond acceptors (Lipinski definition) is 3. The van der Waals surface area contributed by atoms with Crippen LogP contribution in [0.5, 0.6) is 5.75 Å². The summed E-state index contributed by atoms with van der Waals surface area (Å²) in [7, 11) is 1.50. The number of fused-ring (bicyclic) bond motifs is 1. The van der Waals surface area contributed by atoms with Gasteiger partial charge in [0, 0.05) is 22.2 Å². The molecule has 0 radical (unpaired) electrons. The Morgan fingerprint density at radius 1 is 1.26 bits per heavy atom. The van der Waals surface area contributed by atoms with E-state index in [-0.39, 0.29) is 15.5 Å². The van der Waals surface area contributed by atoms with Gasteiger partial charge in [0.2, 0.25) is 0 Å². The summed E-state index contributed by atoms with van der Waals surface area (Å²) in [4.78, 5) is 12.6. The van der Waals surface area contributed by atoms with Crippen molar-refractivity contribution in [2.45, 2.75) is 12.7 Å². The highest BCUT2D eigenvalue weighted by atomic mass is 35.5. The van der Waals surface area contributed by atoms with E-state index in [1.807, 2.05) is 0 Å². The summed E-state index contributed by atoms with van der Waals surface area (Å²) in [5.41, 5.74) is -1.64. The molecule has 1 amide bonds. The molecule has 0 fully saturated rings. The quantitative estimate of drug-likeness (QED) is 0.557. The molecule has 1 aromatic heterocycles. The van der Waals surface area contributed by atoms with Gasteiger partial charge in [0.25, 0.3) is 5.91 Å². The minimum atomic E-state index is -4.81. The fraction of sp³-hybridized carbons (Fsp3) is 0.167. The summed E-state index contributed by atoms with van der Waals surface area (Å²) < 4.78 is 58.2. The summed E-state index contributed by atoms with van der Waals surface area (Å²) >= 11 is 7.37. The molecule has 0 aliphatic rings. The van der Waals surface area contributed by atoms with Gasteiger partial charge in [-0.1, -0.05) is 23.7 Å². The van der Waals surface area contributed by atoms with Crippen LogP contribution in [0, 0.1) is 5.82 Å². The summed E-state index contributed by atoms with van der Waals surface area (Å²) in [6, 6.07) is 8.06. The Bertz CT molecular complexity index is 1020. The van der Waals surface area contributed by atoms with E-state index >= 15 is 0 Å². The molecule has 0 unspecified atom stereocenters. The van der Waals surface area contributed by atoms with Gasteiger partial charge in [-0.25, -0.2) is 4.39 Å². The molecule has 2 aromatic carbocycles. The van der Waals surface area contributed by atoms with Crippen molar-refractivity contribution < 1.29 is 27.1 Å². The van der Waals surface area contributed by atoms with E-state index < -0.39 is 30.0 Å². The molecule has 0 aliphatic carbocycles. The van der Waals surface area contributed by atoms with Crippen molar-refractivity contribution in [2.24, 2.45) is 0 Å². The molecule has 0 spiro atoms. The maximum Gasteiger partial charge on any atom is 0.419 e. The third kappa shape index (κ3) is 3.86. The van der Waals surface area contributed by atoms with Crippen LogP contribution in [0.15, 0.2) is 36.4 Å². The average molecular weight is 418 g/mol. The van der Waals surface area contributed by atoms with E-state index in [2.05, 4.69) is 5.32 Å². The van der Waals surface area contributed by atoms with Crippen molar-refractivity contribution in [3.05, 3.63) is 63.2 Å². The first kappa shape index (κ1) is 19.4. The van der Waals surface area contributed by atoms with E-state index in [4.69, 9.17) is 16.3 Å². The first-order valence-electron chi connectivity index (χ1n) is 7.61. The number of thiophene rings is 1. The summed E-state index contributed by atoms with van der Waals surface area (Å²) in [6.07, 6.45) is -4.81. The van der Waals surface area contributed by atoms with Gasteiger partial charge in [-0.2, -0.15) is 13.2 Å². The highest BCUT2D eigenvalue weighted by Crippen LogP contribution is 2.37. The maximum absolute atomic E-state index is 14.0. The van der Waals surface area contributed by atoms with Gasteiger partial charge in [0.05, 0.1) is 17.7 Å². The lowest BCUT2D eigenvalue weighted by Crippen LogP contribution is -2.23. The van der Waals surface area contributed by atoms with Crippen LogP contribution in [0.3, 0.4) is 0 Å². The highest BCUT2D eigenvalue weighted by molar-refractivity contribution is 7.21. The molecule has 0 atom stereocenters. The molecule has 0 aliphatic heterocycles. The van der Waals surface area contributed by atoms with Crippen LogP contribution in [-0.4, -0.2) is 13.0 Å². The zero-order valence-electron chi connectivity index (χ0n) is 13.8. The van der Waals surface area contributed by atoms with E-state index in [9.17, 15) is 22.4 Å². The predicted octanol–water partition coefficient (Wildman–Crippen LogP) is 5.65. The van der Waals surface area contributed by atoms with Crippen molar-refractivity contribution in [3.8, 4) is 5.75 Å². The lowest BCUT2D eigenvalue weighted by Gasteiger charge is -2.11. The van der Waals surface area contributed by atoms with E-state index in [0.717, 1.165) is 22.1 Å². The molecular formula is C18H12ClF4NO2S. The number of carbonyl (C=O) groups is 1. The first-order chi connectivity index (χ1) is 12.7. The first-order valence-corrected chi connectivity index (χ1v) is 8.80. The Kier molecular flexibility index (Phi) is 5.30. The molecule has 3 aromatic rings. The van der Waals surface area contributed by atoms with Gasteiger partial charge in [-0.15, -0.1) is 11.3 Å². The molecule has 0 saturated heterocycles. The number of halogens is 5. The molecule has 9 heteroatoms. The number of amides is 1. The minimum absolute atomic E-state index is 0.187. The monoisotopic (exact) mass is 417 g/mol. The van der Waals surface area contributed by atoms with Crippen molar-refractivity contribution in [3.63, 3.8) is 0 Å². The third-order valence-electron chi connectivity index (χ3n) is 3.86. The molecular weight excluding hydrogens is 406 g/mol. The second kappa shape index (κ2) is 7.36. The minimum Gasteiger partial charge on any atom is -0.497 e. The van der Waals surface area contributed by atoms with Crippen molar-refractivity contribution in [1.82, 2.24) is 5.32 Å². The highest BCUT2D eigenvalue weighted by Gasteiger charge is 2.34. The molecule has 27 heavy (non-hydrogen) atoms. The molecule has 3 rings (SSSR count). The van der Waals surface area contributed by atoms with Crippen LogP contribution in [0.2, 0.25) is 5.02 Å². The molecule has 0 saturated carbocycles. The number of ether oxygens (including phenoxy) is 1. The smallest absolute Gasteiger partial charge is 0.419 e. The second-order valence-electron chi connectivity index (χ2n) is 5.57. The van der Waals surface area contributed by atoms with Crippen LogP contribution < -0.4 is 10.1 Å². The number of carbonyl (C=O) groups excluding carboxylic acids is 1. The van der Waals surface area contributed by atoms with Crippen LogP contribution in [0.1, 0.15) is 20.8 Å². The fourth-order valence-corrected chi connectivity index (χ4v) is 3.92. The number of methoxy groups -OCH3 is 1. The molecule has 142 valence electrons. The van der Waals surface area contributed by atoms with E-state index in [1.165, 1.54) is 13.2 Å². The van der Waals surface area contributed by atoms with Crippen LogP contribution in [-0.2, 0) is 12.7 Å². The van der Waals surface area contributed by atoms with Gasteiger partial charge in [0.15, 0.2) is 0 Å². The van der Waals surface area contributed by atoms with Gasteiger partial charge in [-0.3, -0.25) is 4.79 Å². The topological polar surface area (TPSA) is 38.3 Å². The SMILES string of the molecule is COc1ccc2sc(C(=O)NCc3cccc(C(F)(F)F)c3F)c(Cl)c2c1. The van der Waals surface area contributed by atoms with Crippen molar-refractivity contribution in [2.75, 3.05) is 7.11 Å². The molecule has 3 nitrogen and oxygen atoms in total. The number of alkyl halides is 3. The third-order valence-corrected chi connectivity index (χ3v) is 5.54. The van der Waals surface area contributed by atoms with Gasteiger partial charge in [0.1, 0.15) is 16.4 Å². The number of nitrogens with one attached hydrogen (secondary N) is 1. The second-order valence-corrected chi connectivity index (χ2v) is 7.00. The predicted molar refractivity (Wildman–Crippen MR) is 96.0 cm³/mol. The zero-order valence-corrected chi connectivity index (χ0v) is 15.4. The van der Waals surface area contributed by atoms with Crippen molar-refractivity contribution >= 4 is 38.9 Å². The average Bonchev–Trinajstić information content (AvgIpc) is 2.96. The maximum atomic E-state index is 14.0. The van der Waals surface area contributed by atoms with Gasteiger partial charge in [-0.05, 0) is 24.3 Å². The summed E-state index contributed by atoms with van der Waals surface area (Å²) in [5.74, 6) is -1.44. The number of hydrogen-bond donors (Lipinski definition) is 1. The van der Waals surface area contributed by atoms with Crippen molar-refractivity contribution in [1.29, 1.82) is 0 Å².